The molecule has 0 unspecified atom stereocenters. The first-order valence-electron chi connectivity index (χ1n) is 8.73. The molecule has 0 fully saturated rings. The van der Waals surface area contributed by atoms with E-state index < -0.39 is 10.0 Å². The lowest BCUT2D eigenvalue weighted by Gasteiger charge is -2.27. The van der Waals surface area contributed by atoms with Gasteiger partial charge in [0, 0.05) is 17.8 Å². The molecule has 0 radical (unpaired) electrons. The molecular weight excluding hydrogens is 414 g/mol. The van der Waals surface area contributed by atoms with Crippen molar-refractivity contribution in [1.82, 2.24) is 4.90 Å². The van der Waals surface area contributed by atoms with Crippen molar-refractivity contribution in [1.29, 1.82) is 0 Å². The number of rotatable bonds is 4. The zero-order chi connectivity index (χ0) is 20.4. The zero-order valence-corrected chi connectivity index (χ0v) is 16.7. The number of hydrogen-bond acceptors (Lipinski definition) is 5. The van der Waals surface area contributed by atoms with Gasteiger partial charge >= 0.3 is 0 Å². The molecule has 148 valence electrons. The number of hydrogen-bond donors (Lipinski definition) is 1. The maximum Gasteiger partial charge on any atom is 0.257 e. The Morgan fingerprint density at radius 1 is 1.14 bits per heavy atom. The predicted molar refractivity (Wildman–Crippen MR) is 112 cm³/mol. The number of nitrogens with one attached hydrogen (secondary N) is 1. The van der Waals surface area contributed by atoms with Gasteiger partial charge in [0.25, 0.3) is 15.9 Å². The van der Waals surface area contributed by atoms with Crippen molar-refractivity contribution in [2.45, 2.75) is 0 Å². The summed E-state index contributed by atoms with van der Waals surface area (Å²) in [5, 5.41) is 3.25. The molecule has 2 heterocycles. The van der Waals surface area contributed by atoms with Gasteiger partial charge in [0.15, 0.2) is 5.75 Å². The molecule has 9 heteroatoms. The normalized spacial score (nSPS) is 17.1. The van der Waals surface area contributed by atoms with Crippen LogP contribution in [-0.2, 0) is 14.8 Å². The first kappa shape index (κ1) is 19.2. The van der Waals surface area contributed by atoms with Gasteiger partial charge < -0.3 is 15.0 Å². The van der Waals surface area contributed by atoms with E-state index in [0.717, 1.165) is 0 Å². The van der Waals surface area contributed by atoms with Gasteiger partial charge in [0.05, 0.1) is 17.0 Å². The average Bonchev–Trinajstić information content (AvgIpc) is 2.70. The standard InChI is InChI=1S/C20H16ClN3O4S/c21-15-7-8-18(28-16-4-2-1-3-5-16)17(12-15)22-20(25)14-6-9-19-23-29(26,27)11-10-24(19)13-14/h1-9,12-13H,10-11H2,(H,22,25). The number of amides is 1. The van der Waals surface area contributed by atoms with Gasteiger partial charge in [-0.3, -0.25) is 4.79 Å². The Bertz CT molecular complexity index is 1160. The number of nitrogens with zero attached hydrogens (tertiary/aromatic N) is 2. The highest BCUT2D eigenvalue weighted by atomic mass is 35.5. The number of halogens is 1. The number of para-hydroxylation sites is 1. The fraction of sp³-hybridized carbons (Fsp3) is 0.100. The minimum atomic E-state index is -3.45. The Labute approximate surface area is 173 Å². The van der Waals surface area contributed by atoms with Crippen LogP contribution >= 0.6 is 11.6 Å². The van der Waals surface area contributed by atoms with Gasteiger partial charge in [0.2, 0.25) is 0 Å². The summed E-state index contributed by atoms with van der Waals surface area (Å²) in [6.07, 6.45) is 4.60. The van der Waals surface area contributed by atoms with E-state index >= 15 is 0 Å². The molecule has 1 amide bonds. The second-order valence-corrected chi connectivity index (χ2v) is 8.55. The van der Waals surface area contributed by atoms with E-state index in [2.05, 4.69) is 9.71 Å². The van der Waals surface area contributed by atoms with Gasteiger partial charge in [-0.2, -0.15) is 0 Å². The molecule has 0 bridgehead atoms. The van der Waals surface area contributed by atoms with Crippen molar-refractivity contribution in [3.05, 3.63) is 77.5 Å². The quantitative estimate of drug-likeness (QED) is 0.802. The molecule has 2 aromatic carbocycles. The number of carbonyl (C=O) groups excluding carboxylic acids is 1. The number of amidine groups is 1. The van der Waals surface area contributed by atoms with Gasteiger partial charge in [0.1, 0.15) is 11.6 Å². The van der Waals surface area contributed by atoms with Gasteiger partial charge in [-0.05, 0) is 42.5 Å². The van der Waals surface area contributed by atoms with Crippen LogP contribution in [0.2, 0.25) is 5.02 Å². The second kappa shape index (κ2) is 7.73. The molecule has 0 aliphatic carbocycles. The van der Waals surface area contributed by atoms with Crippen LogP contribution in [0.3, 0.4) is 0 Å². The summed E-state index contributed by atoms with van der Waals surface area (Å²) in [7, 11) is -3.45. The van der Waals surface area contributed by atoms with Crippen molar-refractivity contribution in [2.75, 3.05) is 17.6 Å². The van der Waals surface area contributed by atoms with Crippen LogP contribution in [0.4, 0.5) is 5.69 Å². The summed E-state index contributed by atoms with van der Waals surface area (Å²) in [4.78, 5) is 14.4. The highest BCUT2D eigenvalue weighted by Crippen LogP contribution is 2.32. The van der Waals surface area contributed by atoms with E-state index in [0.29, 0.717) is 33.6 Å². The first-order chi connectivity index (χ1) is 13.9. The van der Waals surface area contributed by atoms with Crippen LogP contribution in [0.5, 0.6) is 11.5 Å². The van der Waals surface area contributed by atoms with E-state index in [1.165, 1.54) is 12.2 Å². The lowest BCUT2D eigenvalue weighted by Crippen LogP contribution is -2.37. The Morgan fingerprint density at radius 2 is 1.93 bits per heavy atom. The third kappa shape index (κ3) is 4.49. The molecule has 0 spiro atoms. The number of fused-ring (bicyclic) bond motifs is 1. The number of anilines is 1. The maximum atomic E-state index is 12.8. The molecule has 0 atom stereocenters. The summed E-state index contributed by atoms with van der Waals surface area (Å²) >= 11 is 6.09. The number of benzene rings is 2. The van der Waals surface area contributed by atoms with Crippen LogP contribution < -0.4 is 10.1 Å². The highest BCUT2D eigenvalue weighted by molar-refractivity contribution is 7.90. The summed E-state index contributed by atoms with van der Waals surface area (Å²) in [6.45, 7) is 0.238. The molecule has 1 N–H and O–H groups in total. The summed E-state index contributed by atoms with van der Waals surface area (Å²) in [6, 6.07) is 14.1. The lowest BCUT2D eigenvalue weighted by atomic mass is 10.1. The third-order valence-corrected chi connectivity index (χ3v) is 5.65. The van der Waals surface area contributed by atoms with Crippen molar-refractivity contribution in [3.8, 4) is 11.5 Å². The smallest absolute Gasteiger partial charge is 0.257 e. The lowest BCUT2D eigenvalue weighted by molar-refractivity contribution is -0.112. The molecular formula is C20H16ClN3O4S. The topological polar surface area (TPSA) is 88.1 Å². The van der Waals surface area contributed by atoms with Gasteiger partial charge in [-0.1, -0.05) is 29.8 Å². The fourth-order valence-corrected chi connectivity index (χ4v) is 3.98. The van der Waals surface area contributed by atoms with Crippen LogP contribution in [0.15, 0.2) is 76.9 Å². The third-order valence-electron chi connectivity index (χ3n) is 4.25. The largest absolute Gasteiger partial charge is 0.455 e. The van der Waals surface area contributed by atoms with Crippen LogP contribution in [0.25, 0.3) is 0 Å². The second-order valence-electron chi connectivity index (χ2n) is 6.36. The van der Waals surface area contributed by atoms with E-state index in [1.807, 2.05) is 18.2 Å². The molecule has 0 aromatic heterocycles. The van der Waals surface area contributed by atoms with Crippen molar-refractivity contribution >= 4 is 39.1 Å². The number of ether oxygens (including phenoxy) is 1. The Hall–Kier alpha value is -3.10. The monoisotopic (exact) mass is 429 g/mol. The molecule has 0 saturated carbocycles. The highest BCUT2D eigenvalue weighted by Gasteiger charge is 2.25. The van der Waals surface area contributed by atoms with E-state index in [1.54, 1.807) is 41.4 Å². The van der Waals surface area contributed by atoms with E-state index in [9.17, 15) is 13.2 Å². The van der Waals surface area contributed by atoms with Gasteiger partial charge in [-0.25, -0.2) is 8.42 Å². The molecule has 29 heavy (non-hydrogen) atoms. The number of sulfonamides is 1. The SMILES string of the molecule is O=C(Nc1cc(Cl)ccc1Oc1ccccc1)C1=CN2CCS(=O)(=O)N=C2C=C1. The molecule has 0 saturated heterocycles. The summed E-state index contributed by atoms with van der Waals surface area (Å²) in [5.74, 6) is 0.884. The predicted octanol–water partition coefficient (Wildman–Crippen LogP) is 3.57. The summed E-state index contributed by atoms with van der Waals surface area (Å²) in [5.41, 5.74) is 0.773. The molecule has 4 rings (SSSR count). The molecule has 2 aromatic rings. The van der Waals surface area contributed by atoms with Gasteiger partial charge in [-0.15, -0.1) is 4.40 Å². The average molecular weight is 430 g/mol. The fourth-order valence-electron chi connectivity index (χ4n) is 2.83. The summed E-state index contributed by atoms with van der Waals surface area (Å²) < 4.78 is 32.8. The van der Waals surface area contributed by atoms with Crippen molar-refractivity contribution < 1.29 is 17.9 Å². The first-order valence-corrected chi connectivity index (χ1v) is 10.7. The maximum absolute atomic E-state index is 12.8. The number of carbonyl (C=O) groups is 1. The Balaban J connectivity index is 1.56. The minimum Gasteiger partial charge on any atom is -0.455 e. The van der Waals surface area contributed by atoms with Crippen molar-refractivity contribution in [2.24, 2.45) is 4.40 Å². The minimum absolute atomic E-state index is 0.0981. The Kier molecular flexibility index (Phi) is 5.12. The molecule has 2 aliphatic rings. The van der Waals surface area contributed by atoms with Crippen molar-refractivity contribution in [3.63, 3.8) is 0 Å². The van der Waals surface area contributed by atoms with E-state index in [-0.39, 0.29) is 18.2 Å². The molecule has 7 nitrogen and oxygen atoms in total. The van der Waals surface area contributed by atoms with Crippen LogP contribution in [-0.4, -0.2) is 37.4 Å². The zero-order valence-electron chi connectivity index (χ0n) is 15.1. The van der Waals surface area contributed by atoms with Crippen LogP contribution in [0.1, 0.15) is 0 Å². The van der Waals surface area contributed by atoms with E-state index in [4.69, 9.17) is 16.3 Å². The molecule has 2 aliphatic heterocycles. The van der Waals surface area contributed by atoms with Crippen LogP contribution in [0, 0.1) is 0 Å². The Morgan fingerprint density at radius 3 is 2.72 bits per heavy atom.